The van der Waals surface area contributed by atoms with Crippen LogP contribution in [0.5, 0.6) is 0 Å². The van der Waals surface area contributed by atoms with E-state index in [-0.39, 0.29) is 18.6 Å². The standard InChI is InChI=1S/C12H11ClO4/c1-8(9-2-4-10(13)5-3-9)17-12(16)7-6-11(14)15/h2-5H,1,6-7H2,(H,14,15). The zero-order valence-corrected chi connectivity index (χ0v) is 9.74. The van der Waals surface area contributed by atoms with Gasteiger partial charge in [-0.3, -0.25) is 9.59 Å². The van der Waals surface area contributed by atoms with E-state index in [9.17, 15) is 9.59 Å². The molecule has 1 N–H and O–H groups in total. The van der Waals surface area contributed by atoms with Crippen LogP contribution < -0.4 is 0 Å². The summed E-state index contributed by atoms with van der Waals surface area (Å²) in [6.45, 7) is 3.59. The Morgan fingerprint density at radius 3 is 2.35 bits per heavy atom. The lowest BCUT2D eigenvalue weighted by Gasteiger charge is -2.06. The lowest BCUT2D eigenvalue weighted by atomic mass is 10.2. The van der Waals surface area contributed by atoms with Crippen molar-refractivity contribution >= 4 is 29.3 Å². The van der Waals surface area contributed by atoms with Gasteiger partial charge in [-0.2, -0.15) is 0 Å². The zero-order chi connectivity index (χ0) is 12.8. The molecule has 0 saturated carbocycles. The quantitative estimate of drug-likeness (QED) is 0.648. The number of carbonyl (C=O) groups excluding carboxylic acids is 1. The van der Waals surface area contributed by atoms with E-state index in [0.717, 1.165) is 0 Å². The van der Waals surface area contributed by atoms with E-state index >= 15 is 0 Å². The van der Waals surface area contributed by atoms with Gasteiger partial charge in [0.2, 0.25) is 0 Å². The first kappa shape index (κ1) is 13.3. The largest absolute Gasteiger partial charge is 0.481 e. The van der Waals surface area contributed by atoms with E-state index in [4.69, 9.17) is 21.4 Å². The SMILES string of the molecule is C=C(OC(=O)CCC(=O)O)c1ccc(Cl)cc1. The summed E-state index contributed by atoms with van der Waals surface area (Å²) in [5.74, 6) is -1.48. The summed E-state index contributed by atoms with van der Waals surface area (Å²) in [5, 5.41) is 8.97. The summed E-state index contributed by atoms with van der Waals surface area (Å²) >= 11 is 5.70. The average molecular weight is 255 g/mol. The highest BCUT2D eigenvalue weighted by Crippen LogP contribution is 2.17. The summed E-state index contributed by atoms with van der Waals surface area (Å²) in [6, 6.07) is 6.62. The molecule has 0 aliphatic carbocycles. The van der Waals surface area contributed by atoms with Crippen molar-refractivity contribution in [2.45, 2.75) is 12.8 Å². The fourth-order valence-electron chi connectivity index (χ4n) is 1.09. The topological polar surface area (TPSA) is 63.6 Å². The van der Waals surface area contributed by atoms with Crippen LogP contribution in [-0.2, 0) is 14.3 Å². The Bertz CT molecular complexity index is 436. The molecule has 1 aromatic rings. The van der Waals surface area contributed by atoms with Gasteiger partial charge < -0.3 is 9.84 Å². The first-order chi connectivity index (χ1) is 7.99. The fourth-order valence-corrected chi connectivity index (χ4v) is 1.22. The number of carbonyl (C=O) groups is 2. The zero-order valence-electron chi connectivity index (χ0n) is 8.98. The Hall–Kier alpha value is -1.81. The van der Waals surface area contributed by atoms with E-state index < -0.39 is 11.9 Å². The summed E-state index contributed by atoms with van der Waals surface area (Å²) in [7, 11) is 0. The van der Waals surface area contributed by atoms with Gasteiger partial charge in [0, 0.05) is 10.6 Å². The third-order valence-corrected chi connectivity index (χ3v) is 2.20. The van der Waals surface area contributed by atoms with Crippen molar-refractivity contribution in [1.29, 1.82) is 0 Å². The number of rotatable bonds is 5. The molecule has 0 aliphatic rings. The van der Waals surface area contributed by atoms with Crippen molar-refractivity contribution in [3.63, 3.8) is 0 Å². The van der Waals surface area contributed by atoms with Crippen LogP contribution in [0.4, 0.5) is 0 Å². The molecule has 17 heavy (non-hydrogen) atoms. The van der Waals surface area contributed by atoms with Crippen LogP contribution >= 0.6 is 11.6 Å². The van der Waals surface area contributed by atoms with E-state index in [1.54, 1.807) is 24.3 Å². The molecule has 0 saturated heterocycles. The molecule has 90 valence electrons. The maximum atomic E-state index is 11.2. The second kappa shape index (κ2) is 6.06. The van der Waals surface area contributed by atoms with E-state index in [0.29, 0.717) is 10.6 Å². The number of carboxylic acids is 1. The molecule has 0 aromatic heterocycles. The Balaban J connectivity index is 2.51. The van der Waals surface area contributed by atoms with Crippen molar-refractivity contribution in [2.75, 3.05) is 0 Å². The molecule has 1 aromatic carbocycles. The molecule has 4 nitrogen and oxygen atoms in total. The monoisotopic (exact) mass is 254 g/mol. The van der Waals surface area contributed by atoms with Crippen LogP contribution in [0.3, 0.4) is 0 Å². The number of carboxylic acid groups (broad SMARTS) is 1. The maximum Gasteiger partial charge on any atom is 0.311 e. The van der Waals surface area contributed by atoms with Gasteiger partial charge in [-0.15, -0.1) is 0 Å². The molecule has 0 bridgehead atoms. The lowest BCUT2D eigenvalue weighted by Crippen LogP contribution is -2.06. The van der Waals surface area contributed by atoms with Crippen molar-refractivity contribution in [2.24, 2.45) is 0 Å². The Kier molecular flexibility index (Phi) is 4.72. The van der Waals surface area contributed by atoms with Gasteiger partial charge in [0.05, 0.1) is 12.8 Å². The molecule has 1 rings (SSSR count). The minimum absolute atomic E-state index is 0.178. The van der Waals surface area contributed by atoms with Crippen LogP contribution in [0.2, 0.25) is 5.02 Å². The molecule has 5 heteroatoms. The predicted molar refractivity (Wildman–Crippen MR) is 63.4 cm³/mol. The normalized spacial score (nSPS) is 9.71. The van der Waals surface area contributed by atoms with Gasteiger partial charge in [-0.05, 0) is 24.3 Å². The molecule has 0 aliphatic heterocycles. The smallest absolute Gasteiger partial charge is 0.311 e. The number of halogens is 1. The lowest BCUT2D eigenvalue weighted by molar-refractivity contribution is -0.143. The van der Waals surface area contributed by atoms with Crippen LogP contribution in [0.25, 0.3) is 5.76 Å². The third-order valence-electron chi connectivity index (χ3n) is 1.95. The molecule has 0 unspecified atom stereocenters. The molecule has 0 radical (unpaired) electrons. The number of hydrogen-bond acceptors (Lipinski definition) is 3. The van der Waals surface area contributed by atoms with Crippen molar-refractivity contribution in [3.8, 4) is 0 Å². The third kappa shape index (κ3) is 4.70. The predicted octanol–water partition coefficient (Wildman–Crippen LogP) is 2.72. The Morgan fingerprint density at radius 1 is 1.24 bits per heavy atom. The Labute approximate surface area is 103 Å². The minimum atomic E-state index is -1.04. The van der Waals surface area contributed by atoms with Crippen molar-refractivity contribution < 1.29 is 19.4 Å². The van der Waals surface area contributed by atoms with Gasteiger partial charge in [-0.25, -0.2) is 0 Å². The maximum absolute atomic E-state index is 11.2. The second-order valence-electron chi connectivity index (χ2n) is 3.30. The van der Waals surface area contributed by atoms with E-state index in [2.05, 4.69) is 6.58 Å². The van der Waals surface area contributed by atoms with Crippen LogP contribution in [0.15, 0.2) is 30.8 Å². The number of hydrogen-bond donors (Lipinski definition) is 1. The number of esters is 1. The minimum Gasteiger partial charge on any atom is -0.481 e. The highest BCUT2D eigenvalue weighted by Gasteiger charge is 2.09. The van der Waals surface area contributed by atoms with Gasteiger partial charge in [0.1, 0.15) is 5.76 Å². The van der Waals surface area contributed by atoms with Crippen LogP contribution in [0, 0.1) is 0 Å². The van der Waals surface area contributed by atoms with E-state index in [1.807, 2.05) is 0 Å². The second-order valence-corrected chi connectivity index (χ2v) is 3.73. The first-order valence-corrected chi connectivity index (χ1v) is 5.24. The van der Waals surface area contributed by atoms with E-state index in [1.165, 1.54) is 0 Å². The fraction of sp³-hybridized carbons (Fsp3) is 0.167. The summed E-state index contributed by atoms with van der Waals surface area (Å²) in [4.78, 5) is 21.5. The summed E-state index contributed by atoms with van der Waals surface area (Å²) in [6.07, 6.45) is -0.436. The number of benzene rings is 1. The average Bonchev–Trinajstić information content (AvgIpc) is 2.27. The van der Waals surface area contributed by atoms with Gasteiger partial charge in [0.15, 0.2) is 0 Å². The molecule has 0 heterocycles. The van der Waals surface area contributed by atoms with Gasteiger partial charge in [-0.1, -0.05) is 18.2 Å². The highest BCUT2D eigenvalue weighted by atomic mass is 35.5. The molecular formula is C12H11ClO4. The highest BCUT2D eigenvalue weighted by molar-refractivity contribution is 6.30. The van der Waals surface area contributed by atoms with Crippen molar-refractivity contribution in [3.05, 3.63) is 41.4 Å². The van der Waals surface area contributed by atoms with Crippen LogP contribution in [0.1, 0.15) is 18.4 Å². The molecule has 0 fully saturated rings. The molecule has 0 amide bonds. The molecule has 0 spiro atoms. The van der Waals surface area contributed by atoms with Crippen molar-refractivity contribution in [1.82, 2.24) is 0 Å². The molecule has 0 atom stereocenters. The number of aliphatic carboxylic acids is 1. The van der Waals surface area contributed by atoms with Crippen LogP contribution in [-0.4, -0.2) is 17.0 Å². The molecular weight excluding hydrogens is 244 g/mol. The summed E-state index contributed by atoms with van der Waals surface area (Å²) < 4.78 is 4.89. The van der Waals surface area contributed by atoms with Gasteiger partial charge in [0.25, 0.3) is 0 Å². The Morgan fingerprint density at radius 2 is 1.82 bits per heavy atom. The first-order valence-electron chi connectivity index (χ1n) is 4.86. The van der Waals surface area contributed by atoms with Gasteiger partial charge >= 0.3 is 11.9 Å². The summed E-state index contributed by atoms with van der Waals surface area (Å²) in [5.41, 5.74) is 0.623. The number of ether oxygens (including phenoxy) is 1.